The van der Waals surface area contributed by atoms with Crippen LogP contribution >= 0.6 is 0 Å². The molecule has 2 bridgehead atoms. The van der Waals surface area contributed by atoms with Gasteiger partial charge in [-0.1, -0.05) is 41.2 Å². The molecule has 0 amide bonds. The first-order chi connectivity index (χ1) is 11.5. The maximum atomic E-state index is 11.6. The molecule has 5 heteroatoms. The summed E-state index contributed by atoms with van der Waals surface area (Å²) in [6.07, 6.45) is 1.81. The topological polar surface area (TPSA) is 63.7 Å². The van der Waals surface area contributed by atoms with E-state index in [9.17, 15) is 14.4 Å². The summed E-state index contributed by atoms with van der Waals surface area (Å²) in [4.78, 5) is 36.2. The Labute approximate surface area is 151 Å². The second kappa shape index (κ2) is 8.26. The second-order valence-electron chi connectivity index (χ2n) is 7.78. The van der Waals surface area contributed by atoms with Crippen molar-refractivity contribution in [1.29, 1.82) is 0 Å². The zero-order chi connectivity index (χ0) is 19.4. The predicted octanol–water partition coefficient (Wildman–Crippen LogP) is 3.03. The van der Waals surface area contributed by atoms with Gasteiger partial charge in [0.15, 0.2) is 0 Å². The number of ketones is 2. The van der Waals surface area contributed by atoms with Gasteiger partial charge in [0.1, 0.15) is 6.61 Å². The van der Waals surface area contributed by atoms with Gasteiger partial charge in [-0.05, 0) is 38.3 Å². The number of nitrogens with zero attached hydrogens (tertiary/aromatic N) is 1. The summed E-state index contributed by atoms with van der Waals surface area (Å²) in [5.74, 6) is -0.528. The SMILES string of the molecule is C=C(C)C(=O)OCCN(CC)CC.CC12CCC(C(=O)C1=O)C2(C)C. The standard InChI is InChI=1S/C10H19NO2.C10H14O2/c1-5-11(6-2)7-8-13-10(12)9(3)4;1-9(2)6-4-5-10(9,3)8(12)7(6)11/h3,5-8H2,1-2,4H3;6H,4-5H2,1-3H3. The fourth-order valence-corrected chi connectivity index (χ4v) is 3.73. The highest BCUT2D eigenvalue weighted by Crippen LogP contribution is 2.61. The van der Waals surface area contributed by atoms with Crippen molar-refractivity contribution in [3.05, 3.63) is 12.2 Å². The lowest BCUT2D eigenvalue weighted by Gasteiger charge is -2.31. The van der Waals surface area contributed by atoms with E-state index in [1.165, 1.54) is 0 Å². The van der Waals surface area contributed by atoms with Gasteiger partial charge < -0.3 is 9.64 Å². The number of fused-ring (bicyclic) bond motifs is 2. The summed E-state index contributed by atoms with van der Waals surface area (Å²) in [6.45, 7) is 18.6. The van der Waals surface area contributed by atoms with Crippen LogP contribution in [-0.2, 0) is 19.1 Å². The van der Waals surface area contributed by atoms with Gasteiger partial charge in [-0.2, -0.15) is 0 Å². The summed E-state index contributed by atoms with van der Waals surface area (Å²) in [6, 6.07) is 0. The molecule has 0 radical (unpaired) electrons. The van der Waals surface area contributed by atoms with Crippen LogP contribution < -0.4 is 0 Å². The number of carbonyl (C=O) groups is 3. The average Bonchev–Trinajstić information content (AvgIpc) is 2.86. The Hall–Kier alpha value is -1.49. The Balaban J connectivity index is 0.000000250. The number of carbonyl (C=O) groups excluding carboxylic acids is 3. The van der Waals surface area contributed by atoms with Gasteiger partial charge in [0.05, 0.1) is 0 Å². The highest BCUT2D eigenvalue weighted by Gasteiger charge is 2.66. The second-order valence-corrected chi connectivity index (χ2v) is 7.78. The Morgan fingerprint density at radius 2 is 1.80 bits per heavy atom. The van der Waals surface area contributed by atoms with Crippen LogP contribution in [0.3, 0.4) is 0 Å². The molecule has 2 aliphatic rings. The molecule has 2 rings (SSSR count). The average molecular weight is 351 g/mol. The molecular weight excluding hydrogens is 318 g/mol. The van der Waals surface area contributed by atoms with Crippen molar-refractivity contribution in [1.82, 2.24) is 4.90 Å². The van der Waals surface area contributed by atoms with E-state index in [-0.39, 0.29) is 34.3 Å². The number of likely N-dealkylation sites (N-methyl/N-ethyl adjacent to an activating group) is 1. The van der Waals surface area contributed by atoms with E-state index in [1.807, 2.05) is 20.8 Å². The molecule has 0 heterocycles. The highest BCUT2D eigenvalue weighted by atomic mass is 16.5. The number of esters is 1. The normalized spacial score (nSPS) is 26.4. The lowest BCUT2D eigenvalue weighted by molar-refractivity contribution is -0.141. The molecule has 0 aromatic carbocycles. The fourth-order valence-electron chi connectivity index (χ4n) is 3.73. The molecule has 0 N–H and O–H groups in total. The van der Waals surface area contributed by atoms with E-state index < -0.39 is 0 Å². The first kappa shape index (κ1) is 21.6. The van der Waals surface area contributed by atoms with Crippen molar-refractivity contribution in [2.45, 2.75) is 54.4 Å². The number of rotatable bonds is 6. The Morgan fingerprint density at radius 3 is 2.12 bits per heavy atom. The van der Waals surface area contributed by atoms with Crippen molar-refractivity contribution in [3.8, 4) is 0 Å². The molecule has 2 unspecified atom stereocenters. The largest absolute Gasteiger partial charge is 0.461 e. The molecule has 2 atom stereocenters. The molecule has 2 aliphatic carbocycles. The lowest BCUT2D eigenvalue weighted by Crippen LogP contribution is -2.33. The molecule has 142 valence electrons. The third-order valence-electron chi connectivity index (χ3n) is 6.15. The van der Waals surface area contributed by atoms with Gasteiger partial charge in [-0.25, -0.2) is 4.79 Å². The number of Topliss-reactive ketones (excluding diaryl/α,β-unsaturated/α-hetero) is 2. The summed E-state index contributed by atoms with van der Waals surface area (Å²) < 4.78 is 4.96. The summed E-state index contributed by atoms with van der Waals surface area (Å²) in [7, 11) is 0. The molecule has 5 nitrogen and oxygen atoms in total. The molecule has 0 spiro atoms. The molecule has 2 fully saturated rings. The number of ether oxygens (including phenoxy) is 1. The molecule has 0 aromatic heterocycles. The maximum absolute atomic E-state index is 11.6. The van der Waals surface area contributed by atoms with Crippen LogP contribution in [0, 0.1) is 16.7 Å². The van der Waals surface area contributed by atoms with Crippen molar-refractivity contribution < 1.29 is 19.1 Å². The van der Waals surface area contributed by atoms with Crippen LogP contribution in [-0.4, -0.2) is 48.7 Å². The molecule has 0 aromatic rings. The van der Waals surface area contributed by atoms with Crippen LogP contribution in [0.1, 0.15) is 54.4 Å². The zero-order valence-corrected chi connectivity index (χ0v) is 16.6. The maximum Gasteiger partial charge on any atom is 0.333 e. The van der Waals surface area contributed by atoms with E-state index >= 15 is 0 Å². The summed E-state index contributed by atoms with van der Waals surface area (Å²) >= 11 is 0. The van der Waals surface area contributed by atoms with Crippen LogP contribution in [0.2, 0.25) is 0 Å². The van der Waals surface area contributed by atoms with Crippen LogP contribution in [0.5, 0.6) is 0 Å². The fraction of sp³-hybridized carbons (Fsp3) is 0.750. The van der Waals surface area contributed by atoms with E-state index in [4.69, 9.17) is 4.74 Å². The molecule has 0 saturated heterocycles. The van der Waals surface area contributed by atoms with E-state index in [1.54, 1.807) is 6.92 Å². The van der Waals surface area contributed by atoms with Gasteiger partial charge >= 0.3 is 5.97 Å². The number of hydrogen-bond acceptors (Lipinski definition) is 5. The van der Waals surface area contributed by atoms with Crippen LogP contribution in [0.25, 0.3) is 0 Å². The third kappa shape index (κ3) is 4.20. The zero-order valence-electron chi connectivity index (χ0n) is 16.6. The number of hydrogen-bond donors (Lipinski definition) is 0. The van der Waals surface area contributed by atoms with Gasteiger partial charge in [0, 0.05) is 23.5 Å². The monoisotopic (exact) mass is 351 g/mol. The smallest absolute Gasteiger partial charge is 0.333 e. The van der Waals surface area contributed by atoms with Crippen molar-refractivity contribution in [2.75, 3.05) is 26.2 Å². The van der Waals surface area contributed by atoms with Crippen molar-refractivity contribution in [2.24, 2.45) is 16.7 Å². The Morgan fingerprint density at radius 1 is 1.24 bits per heavy atom. The van der Waals surface area contributed by atoms with E-state index in [0.717, 1.165) is 32.5 Å². The molecule has 25 heavy (non-hydrogen) atoms. The van der Waals surface area contributed by atoms with Crippen molar-refractivity contribution >= 4 is 17.5 Å². The van der Waals surface area contributed by atoms with Crippen molar-refractivity contribution in [3.63, 3.8) is 0 Å². The quantitative estimate of drug-likeness (QED) is 0.418. The van der Waals surface area contributed by atoms with Gasteiger partial charge in [0.25, 0.3) is 0 Å². The minimum Gasteiger partial charge on any atom is -0.461 e. The predicted molar refractivity (Wildman–Crippen MR) is 98.2 cm³/mol. The lowest BCUT2D eigenvalue weighted by atomic mass is 9.70. The van der Waals surface area contributed by atoms with Gasteiger partial charge in [0.2, 0.25) is 11.6 Å². The van der Waals surface area contributed by atoms with Crippen LogP contribution in [0.15, 0.2) is 12.2 Å². The van der Waals surface area contributed by atoms with E-state index in [0.29, 0.717) is 12.2 Å². The summed E-state index contributed by atoms with van der Waals surface area (Å²) in [5.41, 5.74) is 0.00942. The Kier molecular flexibility index (Phi) is 7.12. The molecule has 0 aliphatic heterocycles. The van der Waals surface area contributed by atoms with Crippen LogP contribution in [0.4, 0.5) is 0 Å². The highest BCUT2D eigenvalue weighted by molar-refractivity contribution is 6.43. The Bertz CT molecular complexity index is 548. The van der Waals surface area contributed by atoms with Gasteiger partial charge in [-0.3, -0.25) is 9.59 Å². The molecular formula is C20H33NO4. The first-order valence-corrected chi connectivity index (χ1v) is 9.16. The minimum atomic E-state index is -0.352. The molecule has 2 saturated carbocycles. The van der Waals surface area contributed by atoms with Gasteiger partial charge in [-0.15, -0.1) is 0 Å². The minimum absolute atomic E-state index is 0.00926. The van der Waals surface area contributed by atoms with E-state index in [2.05, 4.69) is 25.3 Å². The first-order valence-electron chi connectivity index (χ1n) is 9.16. The summed E-state index contributed by atoms with van der Waals surface area (Å²) in [5, 5.41) is 0. The third-order valence-corrected chi connectivity index (χ3v) is 6.15.